The molecule has 2 aromatic rings. The fourth-order valence-corrected chi connectivity index (χ4v) is 3.28. The van der Waals surface area contributed by atoms with E-state index >= 15 is 0 Å². The van der Waals surface area contributed by atoms with Crippen LogP contribution in [0.3, 0.4) is 0 Å². The summed E-state index contributed by atoms with van der Waals surface area (Å²) in [5, 5.41) is 17.4. The summed E-state index contributed by atoms with van der Waals surface area (Å²) in [5.41, 5.74) is -0.0574. The van der Waals surface area contributed by atoms with Gasteiger partial charge in [0, 0.05) is 17.0 Å². The van der Waals surface area contributed by atoms with Crippen LogP contribution in [-0.4, -0.2) is 36.4 Å². The number of hydrogen-bond acceptors (Lipinski definition) is 5. The van der Waals surface area contributed by atoms with E-state index in [-0.39, 0.29) is 33.7 Å². The van der Waals surface area contributed by atoms with E-state index in [1.54, 1.807) is 0 Å². The van der Waals surface area contributed by atoms with Gasteiger partial charge in [-0.15, -0.1) is 0 Å². The molecule has 0 saturated carbocycles. The van der Waals surface area contributed by atoms with Crippen molar-refractivity contribution in [3.05, 3.63) is 36.2 Å². The quantitative estimate of drug-likeness (QED) is 0.700. The molecule has 1 heterocycles. The van der Waals surface area contributed by atoms with Crippen molar-refractivity contribution in [2.75, 3.05) is 0 Å². The number of carbonyl (C=O) groups excluding carboxylic acids is 1. The Morgan fingerprint density at radius 2 is 1.92 bits per heavy atom. The number of primary sulfonamides is 1. The lowest BCUT2D eigenvalue weighted by Gasteiger charge is -2.17. The highest BCUT2D eigenvalue weighted by molar-refractivity contribution is 7.89. The van der Waals surface area contributed by atoms with Gasteiger partial charge in [-0.2, -0.15) is 0 Å². The van der Waals surface area contributed by atoms with Crippen molar-refractivity contribution in [3.63, 3.8) is 0 Å². The molecular formula is C16H19N3O5S. The van der Waals surface area contributed by atoms with Crippen molar-refractivity contribution in [2.45, 2.75) is 31.2 Å². The summed E-state index contributed by atoms with van der Waals surface area (Å²) < 4.78 is 23.4. The molecule has 0 bridgehead atoms. The number of amides is 1. The second kappa shape index (κ2) is 7.16. The van der Waals surface area contributed by atoms with Crippen LogP contribution in [0.2, 0.25) is 0 Å². The largest absolute Gasteiger partial charge is 0.480 e. The molecule has 4 N–H and O–H groups in total. The van der Waals surface area contributed by atoms with Crippen LogP contribution in [0.5, 0.6) is 0 Å². The molecule has 0 spiro atoms. The molecule has 0 aliphatic heterocycles. The van der Waals surface area contributed by atoms with Gasteiger partial charge in [0.1, 0.15) is 11.7 Å². The second-order valence-electron chi connectivity index (χ2n) is 6.05. The first kappa shape index (κ1) is 18.8. The Hall–Kier alpha value is -2.52. The van der Waals surface area contributed by atoms with Crippen molar-refractivity contribution in [2.24, 2.45) is 11.1 Å². The van der Waals surface area contributed by atoms with E-state index in [4.69, 9.17) is 5.14 Å². The number of fused-ring (bicyclic) bond motifs is 1. The van der Waals surface area contributed by atoms with Gasteiger partial charge in [-0.05, 0) is 24.5 Å². The number of aromatic nitrogens is 1. The molecule has 0 aliphatic carbocycles. The molecule has 1 atom stereocenters. The van der Waals surface area contributed by atoms with Gasteiger partial charge >= 0.3 is 5.97 Å². The Morgan fingerprint density at radius 3 is 2.48 bits per heavy atom. The van der Waals surface area contributed by atoms with Crippen LogP contribution in [0.1, 0.15) is 30.8 Å². The van der Waals surface area contributed by atoms with Crippen molar-refractivity contribution in [3.8, 4) is 0 Å². The average Bonchev–Trinajstić information content (AvgIpc) is 2.51. The van der Waals surface area contributed by atoms with E-state index in [9.17, 15) is 23.1 Å². The Bertz CT molecular complexity index is 925. The van der Waals surface area contributed by atoms with Gasteiger partial charge in [0.05, 0.1) is 4.90 Å². The number of nitrogens with one attached hydrogen (secondary N) is 1. The number of hydrogen-bond donors (Lipinski definition) is 3. The molecule has 0 saturated heterocycles. The molecule has 8 nitrogen and oxygen atoms in total. The van der Waals surface area contributed by atoms with E-state index in [1.807, 2.05) is 13.8 Å². The number of pyridine rings is 1. The molecule has 25 heavy (non-hydrogen) atoms. The van der Waals surface area contributed by atoms with Crippen LogP contribution >= 0.6 is 0 Å². The zero-order chi connectivity index (χ0) is 18.8. The fraction of sp³-hybridized carbons (Fsp3) is 0.312. The predicted octanol–water partition coefficient (Wildman–Crippen LogP) is 1.11. The van der Waals surface area contributed by atoms with Gasteiger partial charge in [0.2, 0.25) is 10.0 Å². The summed E-state index contributed by atoms with van der Waals surface area (Å²) in [7, 11) is -3.98. The van der Waals surface area contributed by atoms with Gasteiger partial charge in [0.25, 0.3) is 5.91 Å². The van der Waals surface area contributed by atoms with Gasteiger partial charge < -0.3 is 10.4 Å². The SMILES string of the molecule is CC(C)C[C@H](NC(=O)c1nccc2c(S(N)(=O)=O)cccc12)C(=O)O. The molecule has 9 heteroatoms. The number of carboxylic acid groups (broad SMARTS) is 1. The first-order valence-electron chi connectivity index (χ1n) is 7.55. The molecule has 0 unspecified atom stereocenters. The Balaban J connectivity index is 2.47. The summed E-state index contributed by atoms with van der Waals surface area (Å²) in [6.07, 6.45) is 1.54. The summed E-state index contributed by atoms with van der Waals surface area (Å²) >= 11 is 0. The van der Waals surface area contributed by atoms with Gasteiger partial charge in [-0.25, -0.2) is 18.4 Å². The highest BCUT2D eigenvalue weighted by Gasteiger charge is 2.24. The zero-order valence-corrected chi connectivity index (χ0v) is 14.6. The summed E-state index contributed by atoms with van der Waals surface area (Å²) in [6, 6.07) is 4.69. The van der Waals surface area contributed by atoms with Crippen molar-refractivity contribution in [1.82, 2.24) is 10.3 Å². The number of benzene rings is 1. The third-order valence-electron chi connectivity index (χ3n) is 3.60. The molecule has 1 aromatic heterocycles. The monoisotopic (exact) mass is 365 g/mol. The van der Waals surface area contributed by atoms with E-state index in [0.717, 1.165) is 0 Å². The smallest absolute Gasteiger partial charge is 0.326 e. The predicted molar refractivity (Wildman–Crippen MR) is 91.5 cm³/mol. The van der Waals surface area contributed by atoms with E-state index in [1.165, 1.54) is 30.5 Å². The number of carboxylic acids is 1. The highest BCUT2D eigenvalue weighted by atomic mass is 32.2. The average molecular weight is 365 g/mol. The summed E-state index contributed by atoms with van der Waals surface area (Å²) in [4.78, 5) is 27.7. The lowest BCUT2D eigenvalue weighted by molar-refractivity contribution is -0.139. The Kier molecular flexibility index (Phi) is 5.39. The molecule has 134 valence electrons. The third kappa shape index (κ3) is 4.31. The summed E-state index contributed by atoms with van der Waals surface area (Å²) in [5.74, 6) is -1.77. The zero-order valence-electron chi connectivity index (χ0n) is 13.8. The van der Waals surface area contributed by atoms with E-state index in [0.29, 0.717) is 0 Å². The molecular weight excluding hydrogens is 346 g/mol. The van der Waals surface area contributed by atoms with Crippen molar-refractivity contribution < 1.29 is 23.1 Å². The van der Waals surface area contributed by atoms with Gasteiger partial charge in [0.15, 0.2) is 0 Å². The van der Waals surface area contributed by atoms with Gasteiger partial charge in [-0.3, -0.25) is 9.78 Å². The number of sulfonamides is 1. The number of nitrogens with zero attached hydrogens (tertiary/aromatic N) is 1. The normalized spacial score (nSPS) is 13.0. The van der Waals surface area contributed by atoms with Gasteiger partial charge in [-0.1, -0.05) is 26.0 Å². The summed E-state index contributed by atoms with van der Waals surface area (Å²) in [6.45, 7) is 3.69. The Labute approximate surface area is 145 Å². The molecule has 2 rings (SSSR count). The van der Waals surface area contributed by atoms with Crippen LogP contribution in [0.4, 0.5) is 0 Å². The lowest BCUT2D eigenvalue weighted by atomic mass is 10.0. The topological polar surface area (TPSA) is 139 Å². The maximum absolute atomic E-state index is 12.5. The molecule has 0 radical (unpaired) electrons. The number of aliphatic carboxylic acids is 1. The van der Waals surface area contributed by atoms with E-state index in [2.05, 4.69) is 10.3 Å². The number of nitrogens with two attached hydrogens (primary N) is 1. The molecule has 0 aliphatic rings. The molecule has 0 fully saturated rings. The van der Waals surface area contributed by atoms with Crippen LogP contribution in [0.25, 0.3) is 10.8 Å². The van der Waals surface area contributed by atoms with E-state index < -0.39 is 27.9 Å². The molecule has 1 amide bonds. The lowest BCUT2D eigenvalue weighted by Crippen LogP contribution is -2.42. The first-order valence-corrected chi connectivity index (χ1v) is 9.10. The van der Waals surface area contributed by atoms with Crippen molar-refractivity contribution >= 4 is 32.7 Å². The van der Waals surface area contributed by atoms with Crippen LogP contribution < -0.4 is 10.5 Å². The molecule has 1 aromatic carbocycles. The standard InChI is InChI=1S/C16H19N3O5S/c1-9(2)8-12(16(21)22)19-15(20)14-11-4-3-5-13(25(17,23)24)10(11)6-7-18-14/h3-7,9,12H,8H2,1-2H3,(H,19,20)(H,21,22)(H2,17,23,24)/t12-/m0/s1. The van der Waals surface area contributed by atoms with Crippen LogP contribution in [0, 0.1) is 5.92 Å². The minimum Gasteiger partial charge on any atom is -0.480 e. The fourth-order valence-electron chi connectivity index (χ4n) is 2.53. The maximum atomic E-state index is 12.5. The first-order chi connectivity index (χ1) is 11.6. The second-order valence-corrected chi connectivity index (χ2v) is 7.58. The third-order valence-corrected chi connectivity index (χ3v) is 4.57. The number of carbonyl (C=O) groups is 2. The highest BCUT2D eigenvalue weighted by Crippen LogP contribution is 2.24. The number of rotatable bonds is 6. The maximum Gasteiger partial charge on any atom is 0.326 e. The minimum absolute atomic E-state index is 0.0574. The minimum atomic E-state index is -3.98. The van der Waals surface area contributed by atoms with Crippen molar-refractivity contribution in [1.29, 1.82) is 0 Å². The van der Waals surface area contributed by atoms with Crippen LogP contribution in [-0.2, 0) is 14.8 Å². The van der Waals surface area contributed by atoms with Crippen LogP contribution in [0.15, 0.2) is 35.4 Å². The Morgan fingerprint density at radius 1 is 1.24 bits per heavy atom.